The normalized spacial score (nSPS) is 32.1. The van der Waals surface area contributed by atoms with Crippen LogP contribution in [0.1, 0.15) is 31.7 Å². The Kier molecular flexibility index (Phi) is 7.64. The molecule has 244 valence electrons. The van der Waals surface area contributed by atoms with E-state index >= 15 is 0 Å². The summed E-state index contributed by atoms with van der Waals surface area (Å²) in [5, 5.41) is 22.8. The van der Waals surface area contributed by atoms with E-state index in [-0.39, 0.29) is 41.9 Å². The highest BCUT2D eigenvalue weighted by Gasteiger charge is 2.62. The van der Waals surface area contributed by atoms with Crippen molar-refractivity contribution in [2.75, 3.05) is 45.8 Å². The van der Waals surface area contributed by atoms with Gasteiger partial charge in [-0.25, -0.2) is 4.79 Å². The summed E-state index contributed by atoms with van der Waals surface area (Å²) in [5.74, 6) is -1.59. The zero-order valence-corrected chi connectivity index (χ0v) is 27.5. The number of amides is 2. The van der Waals surface area contributed by atoms with Crippen molar-refractivity contribution in [1.82, 2.24) is 4.90 Å². The predicted octanol–water partition coefficient (Wildman–Crippen LogP) is 3.23. The number of β-lactam (4-membered cyclic amide) rings is 1. The number of carboxylic acid groups (broad SMARTS) is 1. The van der Waals surface area contributed by atoms with Crippen LogP contribution in [-0.4, -0.2) is 106 Å². The molecule has 1 saturated carbocycles. The Morgan fingerprint density at radius 3 is 2.43 bits per heavy atom. The third-order valence-electron chi connectivity index (χ3n) is 11.5. The highest BCUT2D eigenvalue weighted by atomic mass is 35.5. The van der Waals surface area contributed by atoms with Crippen LogP contribution in [0, 0.1) is 11.8 Å². The van der Waals surface area contributed by atoms with Crippen LogP contribution in [-0.2, 0) is 20.9 Å². The van der Waals surface area contributed by atoms with Crippen molar-refractivity contribution in [2.45, 2.75) is 51.0 Å². The number of fused-ring (bicyclic) bond motifs is 9. The van der Waals surface area contributed by atoms with Gasteiger partial charge in [0.2, 0.25) is 5.91 Å². The van der Waals surface area contributed by atoms with Crippen LogP contribution in [0.15, 0.2) is 47.7 Å². The van der Waals surface area contributed by atoms with Gasteiger partial charge in [-0.15, -0.1) is 23.7 Å². The first kappa shape index (κ1) is 31.4. The summed E-state index contributed by atoms with van der Waals surface area (Å²) < 4.78 is 11.1. The van der Waals surface area contributed by atoms with Gasteiger partial charge in [-0.2, -0.15) is 0 Å². The Morgan fingerprint density at radius 2 is 1.76 bits per heavy atom. The van der Waals surface area contributed by atoms with Crippen molar-refractivity contribution in [1.29, 1.82) is 0 Å². The number of nitrogens with zero attached hydrogens (tertiary/aromatic N) is 3. The quantitative estimate of drug-likeness (QED) is 0.250. The molecule has 12 heteroatoms. The Balaban J connectivity index is 0.00000338. The number of aliphatic hydroxyl groups is 1. The van der Waals surface area contributed by atoms with Gasteiger partial charge in [0.1, 0.15) is 63.4 Å². The Hall–Kier alpha value is -3.22. The number of piperazine rings is 3. The third kappa shape index (κ3) is 4.65. The first-order valence-corrected chi connectivity index (χ1v) is 17.0. The number of halogens is 1. The van der Waals surface area contributed by atoms with E-state index in [1.165, 1.54) is 15.2 Å². The number of hydrogen-bond donors (Lipinski definition) is 3. The number of nitrogens with two attached hydrogens (primary N) is 1. The molecule has 2 aromatic carbocycles. The molecule has 2 bridgehead atoms. The zero-order valence-electron chi connectivity index (χ0n) is 25.9. The summed E-state index contributed by atoms with van der Waals surface area (Å²) in [6.45, 7) is 9.10. The number of hydrogen-bond acceptors (Lipinski definition) is 6. The summed E-state index contributed by atoms with van der Waals surface area (Å²) in [6, 6.07) is 12.3. The van der Waals surface area contributed by atoms with Gasteiger partial charge in [-0.05, 0) is 38.3 Å². The number of aliphatic hydroxyl groups excluding tert-OH is 1. The van der Waals surface area contributed by atoms with Crippen molar-refractivity contribution >= 4 is 61.7 Å². The zero-order chi connectivity index (χ0) is 31.2. The van der Waals surface area contributed by atoms with Gasteiger partial charge < -0.3 is 34.5 Å². The number of primary amides is 1. The number of carbonyl (C=O) groups excluding carboxylic acids is 2. The molecule has 1 aliphatic carbocycles. The van der Waals surface area contributed by atoms with Gasteiger partial charge in [0.15, 0.2) is 6.54 Å². The molecule has 4 N–H and O–H groups in total. The molecule has 3 aromatic rings. The first-order chi connectivity index (χ1) is 21.6. The maximum Gasteiger partial charge on any atom is 0.352 e. The smallest absolute Gasteiger partial charge is 0.352 e. The molecular formula is C34H41ClN4O6S+2. The summed E-state index contributed by atoms with van der Waals surface area (Å²) in [7, 11) is 0. The van der Waals surface area contributed by atoms with Gasteiger partial charge >= 0.3 is 5.97 Å². The molecule has 10 nitrogen and oxygen atoms in total. The van der Waals surface area contributed by atoms with E-state index in [1.807, 2.05) is 12.1 Å². The summed E-state index contributed by atoms with van der Waals surface area (Å²) in [6.07, 6.45) is 1.04. The van der Waals surface area contributed by atoms with Crippen molar-refractivity contribution < 1.29 is 38.3 Å². The molecule has 5 fully saturated rings. The molecule has 1 aromatic heterocycles. The monoisotopic (exact) mass is 668 g/mol. The molecule has 46 heavy (non-hydrogen) atoms. The van der Waals surface area contributed by atoms with Crippen LogP contribution in [0.25, 0.3) is 20.2 Å². The number of rotatable bonds is 8. The fourth-order valence-corrected chi connectivity index (χ4v) is 10.5. The highest BCUT2D eigenvalue weighted by Crippen LogP contribution is 2.53. The average Bonchev–Trinajstić information content (AvgIpc) is 3.53. The molecule has 4 unspecified atom stereocenters. The number of carboxylic acids is 1. The van der Waals surface area contributed by atoms with Crippen molar-refractivity contribution in [3.63, 3.8) is 0 Å². The predicted molar refractivity (Wildman–Crippen MR) is 176 cm³/mol. The maximum absolute atomic E-state index is 13.0. The van der Waals surface area contributed by atoms with Crippen LogP contribution >= 0.6 is 23.7 Å². The molecule has 2 amide bonds. The summed E-state index contributed by atoms with van der Waals surface area (Å²) in [4.78, 5) is 38.7. The van der Waals surface area contributed by atoms with E-state index in [9.17, 15) is 24.6 Å². The lowest BCUT2D eigenvalue weighted by Crippen LogP contribution is -2.75. The van der Waals surface area contributed by atoms with E-state index in [1.54, 1.807) is 18.3 Å². The largest absolute Gasteiger partial charge is 0.485 e. The van der Waals surface area contributed by atoms with Gasteiger partial charge in [0, 0.05) is 37.2 Å². The van der Waals surface area contributed by atoms with Crippen LogP contribution in [0.3, 0.4) is 0 Å². The Bertz CT molecular complexity index is 1780. The Labute approximate surface area is 277 Å². The van der Waals surface area contributed by atoms with E-state index in [2.05, 4.69) is 24.3 Å². The topological polar surface area (TPSA) is 130 Å². The molecule has 6 heterocycles. The van der Waals surface area contributed by atoms with E-state index in [0.29, 0.717) is 18.5 Å². The average molecular weight is 669 g/mol. The molecule has 0 radical (unpaired) electrons. The van der Waals surface area contributed by atoms with Crippen LogP contribution in [0.5, 0.6) is 5.75 Å². The van der Waals surface area contributed by atoms with E-state index in [4.69, 9.17) is 10.5 Å². The number of ether oxygens (including phenoxy) is 1. The number of thiophene rings is 1. The van der Waals surface area contributed by atoms with Gasteiger partial charge in [-0.1, -0.05) is 24.3 Å². The maximum atomic E-state index is 13.0. The lowest BCUT2D eigenvalue weighted by molar-refractivity contribution is -1.08. The van der Waals surface area contributed by atoms with E-state index < -0.39 is 24.1 Å². The standard InChI is InChI=1S/C34H38N4O6S.ClH/c1-19(39)27-30-21-6-3-8-24(29(21)31(34(42)43)36(30)33(27)41)44-23-9-4-10-25-28(23)22-7-2-5-20(32(22)45-25)17-37-11-14-38(15-12-37,16-13-37)18-26(35)40;/h2,4-5,7,9-10,19,21,24,27,30,39H,3,6,8,11-18H2,1H3,(H-2,35,40,42,43);1H/p+2/t19?,21-,24?,27?,30?,37?,38?;/m0./s1. The fourth-order valence-electron chi connectivity index (χ4n) is 9.32. The van der Waals surface area contributed by atoms with Gasteiger partial charge in [0.05, 0.1) is 18.1 Å². The second kappa shape index (κ2) is 11.2. The second-order valence-corrected chi connectivity index (χ2v) is 15.1. The van der Waals surface area contributed by atoms with Gasteiger partial charge in [0.25, 0.3) is 5.91 Å². The van der Waals surface area contributed by atoms with Crippen LogP contribution in [0.4, 0.5) is 0 Å². The second-order valence-electron chi connectivity index (χ2n) is 14.1. The minimum atomic E-state index is -1.11. The molecule has 5 atom stereocenters. The lowest BCUT2D eigenvalue weighted by Gasteiger charge is -2.55. The minimum Gasteiger partial charge on any atom is -0.485 e. The number of aliphatic carboxylic acids is 1. The van der Waals surface area contributed by atoms with Crippen molar-refractivity contribution in [3.05, 3.63) is 53.2 Å². The SMILES string of the molecule is CC(O)C1C(=O)N2C(C(=O)O)=C3C(Oc4cccc5sc6c(C[N+]78CC[N+](CC(N)=O)(CC7)CC8)cccc6c45)CCC[C@@H]3C12.Cl. The summed E-state index contributed by atoms with van der Waals surface area (Å²) in [5.41, 5.74) is 7.67. The fraction of sp³-hybridized carbons (Fsp3) is 0.500. The molecular weight excluding hydrogens is 628 g/mol. The Morgan fingerprint density at radius 1 is 1.07 bits per heavy atom. The molecule has 0 spiro atoms. The van der Waals surface area contributed by atoms with Crippen LogP contribution in [0.2, 0.25) is 0 Å². The van der Waals surface area contributed by atoms with E-state index in [0.717, 1.165) is 88.8 Å². The minimum absolute atomic E-state index is 0. The molecule has 9 rings (SSSR count). The molecule has 4 saturated heterocycles. The summed E-state index contributed by atoms with van der Waals surface area (Å²) >= 11 is 1.78. The van der Waals surface area contributed by atoms with Crippen molar-refractivity contribution in [3.8, 4) is 5.75 Å². The highest BCUT2D eigenvalue weighted by molar-refractivity contribution is 7.26. The first-order valence-electron chi connectivity index (χ1n) is 16.2. The number of carbonyl (C=O) groups is 3. The molecule has 5 aliphatic heterocycles. The van der Waals surface area contributed by atoms with Crippen LogP contribution < -0.4 is 10.5 Å². The lowest BCUT2D eigenvalue weighted by atomic mass is 9.71. The van der Waals surface area contributed by atoms with Gasteiger partial charge in [-0.3, -0.25) is 9.59 Å². The molecule has 6 aliphatic rings. The number of benzene rings is 2. The van der Waals surface area contributed by atoms with Crippen molar-refractivity contribution in [2.24, 2.45) is 17.6 Å². The third-order valence-corrected chi connectivity index (χ3v) is 12.8. The number of quaternary nitrogens is 2.